The van der Waals surface area contributed by atoms with Crippen molar-refractivity contribution in [1.29, 1.82) is 0 Å². The molecular weight excluding hydrogens is 362 g/mol. The summed E-state index contributed by atoms with van der Waals surface area (Å²) in [5, 5.41) is 10.9. The summed E-state index contributed by atoms with van der Waals surface area (Å²) in [6, 6.07) is 6.22. The molecule has 27 heavy (non-hydrogen) atoms. The molecule has 8 heteroatoms. The Morgan fingerprint density at radius 1 is 1.37 bits per heavy atom. The van der Waals surface area contributed by atoms with E-state index in [2.05, 4.69) is 20.1 Å². The lowest BCUT2D eigenvalue weighted by molar-refractivity contribution is -0.120. The van der Waals surface area contributed by atoms with Crippen LogP contribution in [0.5, 0.6) is 0 Å². The van der Waals surface area contributed by atoms with Gasteiger partial charge in [-0.25, -0.2) is 4.98 Å². The number of ketones is 1. The highest BCUT2D eigenvalue weighted by atomic mass is 32.1. The smallest absolute Gasteiger partial charge is 0.166 e. The molecule has 0 aliphatic carbocycles. The molecule has 3 aromatic heterocycles. The molecule has 2 atom stereocenters. The van der Waals surface area contributed by atoms with E-state index >= 15 is 0 Å². The number of fused-ring (bicyclic) bond motifs is 3. The normalized spacial score (nSPS) is 22.0. The minimum Gasteiger partial charge on any atom is -0.375 e. The molecular formula is C19H19N5O2S. The molecule has 5 heterocycles. The number of rotatable bonds is 5. The number of nitrogens with zero attached hydrogens (tertiary/aromatic N) is 5. The average Bonchev–Trinajstić information content (AvgIpc) is 3.38. The molecule has 0 spiro atoms. The quantitative estimate of drug-likeness (QED) is 0.669. The van der Waals surface area contributed by atoms with Gasteiger partial charge in [0.2, 0.25) is 0 Å². The lowest BCUT2D eigenvalue weighted by atomic mass is 10.1. The Morgan fingerprint density at radius 3 is 3.04 bits per heavy atom. The van der Waals surface area contributed by atoms with Crippen LogP contribution >= 0.6 is 11.3 Å². The van der Waals surface area contributed by atoms with Crippen LogP contribution in [0.3, 0.4) is 0 Å². The van der Waals surface area contributed by atoms with Crippen molar-refractivity contribution in [2.75, 3.05) is 19.7 Å². The molecule has 0 radical (unpaired) electrons. The number of carbonyl (C=O) groups excluding carboxylic acids is 1. The summed E-state index contributed by atoms with van der Waals surface area (Å²) in [7, 11) is 0. The van der Waals surface area contributed by atoms with E-state index in [4.69, 9.17) is 9.72 Å². The first-order valence-corrected chi connectivity index (χ1v) is 9.89. The summed E-state index contributed by atoms with van der Waals surface area (Å²) in [6.07, 6.45) is 3.48. The average molecular weight is 381 g/mol. The van der Waals surface area contributed by atoms with Crippen molar-refractivity contribution in [2.45, 2.75) is 31.9 Å². The maximum absolute atomic E-state index is 12.5. The zero-order valence-corrected chi connectivity index (χ0v) is 15.8. The molecule has 0 saturated carbocycles. The van der Waals surface area contributed by atoms with Gasteiger partial charge in [-0.2, -0.15) is 0 Å². The zero-order chi connectivity index (χ0) is 18.4. The topological polar surface area (TPSA) is 81.1 Å². The third-order valence-corrected chi connectivity index (χ3v) is 6.01. The van der Waals surface area contributed by atoms with Crippen LogP contribution in [0, 0.1) is 6.92 Å². The number of hydrogen-bond donors (Lipinski definition) is 0. The molecule has 0 unspecified atom stereocenters. The van der Waals surface area contributed by atoms with E-state index in [9.17, 15) is 4.79 Å². The molecule has 7 nitrogen and oxygen atoms in total. The van der Waals surface area contributed by atoms with Crippen molar-refractivity contribution in [2.24, 2.45) is 0 Å². The second-order valence-electron chi connectivity index (χ2n) is 7.18. The van der Waals surface area contributed by atoms with Crippen molar-refractivity contribution >= 4 is 28.0 Å². The Morgan fingerprint density at radius 2 is 2.30 bits per heavy atom. The van der Waals surface area contributed by atoms with E-state index in [-0.39, 0.29) is 5.78 Å². The Labute approximate surface area is 160 Å². The Kier molecular flexibility index (Phi) is 4.18. The standard InChI is InChI=1S/C19H19N5O2S/c1-11-22-23-19(27-11)17-3-2-12-7-20-13(5-18(12)21-17)4-15(25)8-24-9-16-6-14(24)10-26-16/h2-3,5,7,14,16H,4,6,8-10H2,1H3/t14-,16-/m0/s1. The molecule has 5 rings (SSSR count). The highest BCUT2D eigenvalue weighted by Gasteiger charge is 2.39. The molecule has 0 amide bonds. The number of carbonyl (C=O) groups is 1. The van der Waals surface area contributed by atoms with Crippen LogP contribution in [-0.2, 0) is 16.0 Å². The minimum absolute atomic E-state index is 0.185. The number of Topliss-reactive ketones (excluding diaryl/α,β-unsaturated/α-hetero) is 1. The lowest BCUT2D eigenvalue weighted by Crippen LogP contribution is -2.40. The number of likely N-dealkylation sites (tertiary alicyclic amines) is 1. The predicted molar refractivity (Wildman–Crippen MR) is 102 cm³/mol. The molecule has 0 aromatic carbocycles. The first-order chi connectivity index (χ1) is 13.1. The van der Waals surface area contributed by atoms with Crippen LogP contribution in [0.1, 0.15) is 17.1 Å². The number of aryl methyl sites for hydroxylation is 1. The van der Waals surface area contributed by atoms with Gasteiger partial charge in [0, 0.05) is 29.9 Å². The Balaban J connectivity index is 1.33. The Bertz CT molecular complexity index is 1020. The molecule has 2 fully saturated rings. The van der Waals surface area contributed by atoms with Gasteiger partial charge in [-0.05, 0) is 31.5 Å². The van der Waals surface area contributed by atoms with Crippen molar-refractivity contribution in [3.05, 3.63) is 35.1 Å². The molecule has 2 aliphatic rings. The van der Waals surface area contributed by atoms with E-state index < -0.39 is 0 Å². The van der Waals surface area contributed by atoms with Gasteiger partial charge in [0.15, 0.2) is 10.8 Å². The van der Waals surface area contributed by atoms with Gasteiger partial charge in [-0.15, -0.1) is 10.2 Å². The summed E-state index contributed by atoms with van der Waals surface area (Å²) < 4.78 is 5.60. The van der Waals surface area contributed by atoms with E-state index in [0.29, 0.717) is 25.1 Å². The van der Waals surface area contributed by atoms with Crippen LogP contribution < -0.4 is 0 Å². The summed E-state index contributed by atoms with van der Waals surface area (Å²) in [5.74, 6) is 0.185. The van der Waals surface area contributed by atoms with Crippen LogP contribution in [0.4, 0.5) is 0 Å². The maximum Gasteiger partial charge on any atom is 0.166 e. The van der Waals surface area contributed by atoms with E-state index in [1.807, 2.05) is 25.1 Å². The van der Waals surface area contributed by atoms with Crippen LogP contribution in [0.25, 0.3) is 21.6 Å². The first-order valence-electron chi connectivity index (χ1n) is 9.07. The number of pyridine rings is 2. The number of ether oxygens (including phenoxy) is 1. The molecule has 2 aliphatic heterocycles. The monoisotopic (exact) mass is 381 g/mol. The zero-order valence-electron chi connectivity index (χ0n) is 15.0. The SMILES string of the molecule is Cc1nnc(-c2ccc3cnc(CC(=O)CN4C[C@@H]5C[C@H]4CO5)cc3n2)s1. The van der Waals surface area contributed by atoms with Crippen molar-refractivity contribution in [3.8, 4) is 10.7 Å². The fraction of sp³-hybridized carbons (Fsp3) is 0.421. The van der Waals surface area contributed by atoms with Gasteiger partial charge in [0.25, 0.3) is 0 Å². The van der Waals surface area contributed by atoms with Gasteiger partial charge in [0.05, 0.1) is 31.2 Å². The molecule has 0 N–H and O–H groups in total. The summed E-state index contributed by atoms with van der Waals surface area (Å²) in [6.45, 7) is 4.02. The Hall–Kier alpha value is -2.29. The molecule has 2 saturated heterocycles. The van der Waals surface area contributed by atoms with Gasteiger partial charge in [-0.3, -0.25) is 14.7 Å². The minimum atomic E-state index is 0.185. The van der Waals surface area contributed by atoms with Crippen molar-refractivity contribution < 1.29 is 9.53 Å². The van der Waals surface area contributed by atoms with Crippen molar-refractivity contribution in [3.63, 3.8) is 0 Å². The highest BCUT2D eigenvalue weighted by Crippen LogP contribution is 2.27. The first kappa shape index (κ1) is 16.9. The van der Waals surface area contributed by atoms with E-state index in [1.54, 1.807) is 6.20 Å². The fourth-order valence-electron chi connectivity index (χ4n) is 3.83. The van der Waals surface area contributed by atoms with Crippen LogP contribution in [0.2, 0.25) is 0 Å². The van der Waals surface area contributed by atoms with Gasteiger partial charge < -0.3 is 4.74 Å². The van der Waals surface area contributed by atoms with Crippen LogP contribution in [-0.4, -0.2) is 62.7 Å². The largest absolute Gasteiger partial charge is 0.375 e. The van der Waals surface area contributed by atoms with Crippen LogP contribution in [0.15, 0.2) is 24.4 Å². The van der Waals surface area contributed by atoms with Gasteiger partial charge in [-0.1, -0.05) is 11.3 Å². The second kappa shape index (κ2) is 6.70. The number of hydrogen-bond acceptors (Lipinski definition) is 8. The summed E-state index contributed by atoms with van der Waals surface area (Å²) >= 11 is 1.52. The molecule has 3 aromatic rings. The second-order valence-corrected chi connectivity index (χ2v) is 8.36. The summed E-state index contributed by atoms with van der Waals surface area (Å²) in [5.41, 5.74) is 2.38. The van der Waals surface area contributed by atoms with Crippen molar-refractivity contribution in [1.82, 2.24) is 25.1 Å². The molecule has 2 bridgehead atoms. The third kappa shape index (κ3) is 3.36. The van der Waals surface area contributed by atoms with E-state index in [0.717, 1.165) is 51.9 Å². The maximum atomic E-state index is 12.5. The predicted octanol–water partition coefficient (Wildman–Crippen LogP) is 2.04. The highest BCUT2D eigenvalue weighted by molar-refractivity contribution is 7.14. The van der Waals surface area contributed by atoms with Gasteiger partial charge in [0.1, 0.15) is 10.7 Å². The third-order valence-electron chi connectivity index (χ3n) is 5.15. The lowest BCUT2D eigenvalue weighted by Gasteiger charge is -2.25. The summed E-state index contributed by atoms with van der Waals surface area (Å²) in [4.78, 5) is 23.9. The fourth-order valence-corrected chi connectivity index (χ4v) is 4.49. The number of morpholine rings is 1. The molecule has 138 valence electrons. The van der Waals surface area contributed by atoms with E-state index in [1.165, 1.54) is 11.3 Å². The van der Waals surface area contributed by atoms with Gasteiger partial charge >= 0.3 is 0 Å². The number of aromatic nitrogens is 4.